The molecule has 0 radical (unpaired) electrons. The molecule has 8 aromatic carbocycles. The molecule has 0 spiro atoms. The Morgan fingerprint density at radius 1 is 0.310 bits per heavy atom. The second-order valence-corrected chi connectivity index (χ2v) is 16.0. The van der Waals surface area contributed by atoms with Crippen LogP contribution in [0.15, 0.2) is 188 Å². The fourth-order valence-corrected chi connectivity index (χ4v) is 9.29. The predicted octanol–water partition coefficient (Wildman–Crippen LogP) is 13.8. The zero-order chi connectivity index (χ0) is 38.8. The van der Waals surface area contributed by atoms with Gasteiger partial charge in [-0.1, -0.05) is 184 Å². The summed E-state index contributed by atoms with van der Waals surface area (Å²) in [6, 6.07) is 67.4. The van der Waals surface area contributed by atoms with Gasteiger partial charge in [0, 0.05) is 22.1 Å². The summed E-state index contributed by atoms with van der Waals surface area (Å²) in [6.07, 6.45) is 0.893. The van der Waals surface area contributed by atoms with Gasteiger partial charge in [0.2, 0.25) is 0 Å². The lowest BCUT2D eigenvalue weighted by molar-refractivity contribution is 0.660. The first kappa shape index (κ1) is 34.1. The van der Waals surface area contributed by atoms with Crippen molar-refractivity contribution in [1.82, 2.24) is 15.0 Å². The van der Waals surface area contributed by atoms with Crippen LogP contribution in [0.1, 0.15) is 36.1 Å². The second kappa shape index (κ2) is 13.5. The molecule has 0 saturated carbocycles. The third-order valence-electron chi connectivity index (χ3n) is 12.2. The average molecular weight is 742 g/mol. The lowest BCUT2D eigenvalue weighted by atomic mass is 9.81. The average Bonchev–Trinajstić information content (AvgIpc) is 3.79. The van der Waals surface area contributed by atoms with Gasteiger partial charge in [0.1, 0.15) is 0 Å². The third-order valence-corrected chi connectivity index (χ3v) is 12.2. The van der Waals surface area contributed by atoms with Crippen LogP contribution < -0.4 is 0 Å². The van der Waals surface area contributed by atoms with Gasteiger partial charge in [-0.3, -0.25) is 0 Å². The van der Waals surface area contributed by atoms with Gasteiger partial charge in [0.05, 0.1) is 0 Å². The number of aromatic nitrogens is 3. The van der Waals surface area contributed by atoms with Crippen LogP contribution in [-0.4, -0.2) is 15.0 Å². The number of benzene rings is 8. The van der Waals surface area contributed by atoms with E-state index in [2.05, 4.69) is 141 Å². The fraction of sp³-hybridized carbons (Fsp3) is 0.0727. The van der Waals surface area contributed by atoms with Gasteiger partial charge >= 0.3 is 0 Å². The van der Waals surface area contributed by atoms with E-state index in [1.807, 2.05) is 60.7 Å². The van der Waals surface area contributed by atoms with Crippen molar-refractivity contribution in [3.05, 3.63) is 210 Å². The van der Waals surface area contributed by atoms with E-state index >= 15 is 0 Å². The van der Waals surface area contributed by atoms with Crippen molar-refractivity contribution in [3.8, 4) is 89.8 Å². The first-order valence-electron chi connectivity index (χ1n) is 20.1. The maximum atomic E-state index is 5.00. The Morgan fingerprint density at radius 2 is 0.724 bits per heavy atom. The van der Waals surface area contributed by atoms with E-state index < -0.39 is 0 Å². The normalized spacial score (nSPS) is 13.1. The van der Waals surface area contributed by atoms with Crippen molar-refractivity contribution in [2.45, 2.75) is 25.7 Å². The van der Waals surface area contributed by atoms with Crippen LogP contribution in [0.4, 0.5) is 0 Å². The van der Waals surface area contributed by atoms with Crippen LogP contribution in [0, 0.1) is 0 Å². The first-order valence-corrected chi connectivity index (χ1v) is 20.1. The monoisotopic (exact) mass is 741 g/mol. The smallest absolute Gasteiger partial charge is 0.164 e. The molecule has 0 N–H and O–H groups in total. The van der Waals surface area contributed by atoms with Gasteiger partial charge < -0.3 is 0 Å². The van der Waals surface area contributed by atoms with E-state index in [-0.39, 0.29) is 5.41 Å². The summed E-state index contributed by atoms with van der Waals surface area (Å²) in [7, 11) is 0. The fourth-order valence-electron chi connectivity index (χ4n) is 9.29. The highest BCUT2D eigenvalue weighted by Crippen LogP contribution is 2.51. The maximum absolute atomic E-state index is 5.00. The van der Waals surface area contributed by atoms with Gasteiger partial charge in [-0.2, -0.15) is 0 Å². The van der Waals surface area contributed by atoms with Gasteiger partial charge in [-0.15, -0.1) is 0 Å². The van der Waals surface area contributed by atoms with E-state index in [4.69, 9.17) is 15.0 Å². The van der Waals surface area contributed by atoms with Crippen LogP contribution in [0.25, 0.3) is 89.8 Å². The van der Waals surface area contributed by atoms with Crippen LogP contribution in [-0.2, 0) is 11.8 Å². The maximum Gasteiger partial charge on any atom is 0.164 e. The summed E-state index contributed by atoms with van der Waals surface area (Å²) in [6.45, 7) is 4.72. The first-order chi connectivity index (χ1) is 28.5. The highest BCUT2D eigenvalue weighted by Gasteiger charge is 2.35. The molecule has 58 heavy (non-hydrogen) atoms. The molecule has 0 saturated heterocycles. The lowest BCUT2D eigenvalue weighted by Crippen LogP contribution is -2.14. The molecule has 0 unspecified atom stereocenters. The van der Waals surface area contributed by atoms with Crippen LogP contribution in [0.3, 0.4) is 0 Å². The number of nitrogens with zero attached hydrogens (tertiary/aromatic N) is 3. The highest BCUT2D eigenvalue weighted by molar-refractivity contribution is 5.91. The molecule has 274 valence electrons. The minimum Gasteiger partial charge on any atom is -0.208 e. The second-order valence-electron chi connectivity index (χ2n) is 16.0. The number of rotatable bonds is 6. The topological polar surface area (TPSA) is 38.7 Å². The molecule has 1 aromatic heterocycles. The van der Waals surface area contributed by atoms with Gasteiger partial charge in [0.15, 0.2) is 17.5 Å². The van der Waals surface area contributed by atoms with Crippen molar-refractivity contribution < 1.29 is 0 Å². The summed E-state index contributed by atoms with van der Waals surface area (Å²) in [5.74, 6) is 1.96. The minimum atomic E-state index is -0.0396. The van der Waals surface area contributed by atoms with Crippen LogP contribution in [0.5, 0.6) is 0 Å². The van der Waals surface area contributed by atoms with E-state index in [1.165, 1.54) is 66.8 Å². The Bertz CT molecular complexity index is 3000. The highest BCUT2D eigenvalue weighted by atomic mass is 15.0. The van der Waals surface area contributed by atoms with Gasteiger partial charge in [0.25, 0.3) is 0 Å². The quantitative estimate of drug-likeness (QED) is 0.170. The molecule has 3 nitrogen and oxygen atoms in total. The Balaban J connectivity index is 0.945. The number of fused-ring (bicyclic) bond motifs is 6. The Labute approximate surface area is 339 Å². The van der Waals surface area contributed by atoms with E-state index in [9.17, 15) is 0 Å². The molecule has 0 bridgehead atoms. The summed E-state index contributed by atoms with van der Waals surface area (Å²) < 4.78 is 0. The molecule has 11 rings (SSSR count). The van der Waals surface area contributed by atoms with Gasteiger partial charge in [-0.25, -0.2) is 15.0 Å². The lowest BCUT2D eigenvalue weighted by Gasteiger charge is -2.22. The zero-order valence-corrected chi connectivity index (χ0v) is 32.4. The molecule has 9 aromatic rings. The largest absolute Gasteiger partial charge is 0.208 e. The molecular weight excluding hydrogens is 703 g/mol. The van der Waals surface area contributed by atoms with Crippen LogP contribution >= 0.6 is 0 Å². The molecule has 2 aliphatic rings. The van der Waals surface area contributed by atoms with Crippen molar-refractivity contribution in [1.29, 1.82) is 0 Å². The molecule has 2 aliphatic carbocycles. The third kappa shape index (κ3) is 5.62. The summed E-state index contributed by atoms with van der Waals surface area (Å²) >= 11 is 0. The van der Waals surface area contributed by atoms with Crippen molar-refractivity contribution in [2.24, 2.45) is 0 Å². The molecule has 0 aliphatic heterocycles. The van der Waals surface area contributed by atoms with Crippen LogP contribution in [0.2, 0.25) is 0 Å². The Morgan fingerprint density at radius 3 is 1.34 bits per heavy atom. The molecule has 0 amide bonds. The van der Waals surface area contributed by atoms with E-state index in [0.717, 1.165) is 34.2 Å². The van der Waals surface area contributed by atoms with E-state index in [1.54, 1.807) is 0 Å². The molecular formula is C55H39N3. The standard InChI is InChI=1S/C55H39N3/c1-55(2)50-28-10-9-23-46(50)47-30-29-40(33-51(47)55)43-25-14-27-45-44-26-13-24-42(48(44)34-49(43)45)39-21-11-19-37(31-39)38-20-12-22-41(32-38)54-57-52(35-15-5-3-6-16-35)56-53(58-54)36-17-7-4-8-18-36/h3-33H,34H2,1-2H3. The zero-order valence-electron chi connectivity index (χ0n) is 32.4. The summed E-state index contributed by atoms with van der Waals surface area (Å²) in [5, 5.41) is 0. The molecule has 0 fully saturated rings. The number of hydrogen-bond acceptors (Lipinski definition) is 3. The Hall–Kier alpha value is -7.23. The molecule has 1 heterocycles. The molecule has 3 heteroatoms. The predicted molar refractivity (Wildman–Crippen MR) is 238 cm³/mol. The minimum absolute atomic E-state index is 0.0396. The van der Waals surface area contributed by atoms with Crippen molar-refractivity contribution in [2.75, 3.05) is 0 Å². The van der Waals surface area contributed by atoms with Gasteiger partial charge in [-0.05, 0) is 103 Å². The summed E-state index contributed by atoms with van der Waals surface area (Å²) in [5.41, 5.74) is 21.2. The number of hydrogen-bond donors (Lipinski definition) is 0. The van der Waals surface area contributed by atoms with E-state index in [0.29, 0.717) is 17.5 Å². The van der Waals surface area contributed by atoms with Crippen molar-refractivity contribution >= 4 is 0 Å². The Kier molecular flexibility index (Phi) is 7.90. The SMILES string of the molecule is CC1(C)c2ccccc2-c2ccc(-c3cccc4c3Cc3c(-c5cccc(-c6cccc(-c7nc(-c8ccccc8)nc(-c8ccccc8)n7)c6)c5)cccc3-4)cc21. The molecule has 0 atom stereocenters. The van der Waals surface area contributed by atoms with Crippen molar-refractivity contribution in [3.63, 3.8) is 0 Å². The summed E-state index contributed by atoms with van der Waals surface area (Å²) in [4.78, 5) is 14.9.